The molecule has 4 nitrogen and oxygen atoms in total. The lowest BCUT2D eigenvalue weighted by Crippen LogP contribution is -2.41. The van der Waals surface area contributed by atoms with Crippen LogP contribution in [0.5, 0.6) is 5.75 Å². The molecule has 1 aromatic heterocycles. The quantitative estimate of drug-likeness (QED) is 0.552. The van der Waals surface area contributed by atoms with Crippen LogP contribution in [0, 0.1) is 0 Å². The van der Waals surface area contributed by atoms with Crippen LogP contribution < -0.4 is 4.74 Å². The van der Waals surface area contributed by atoms with Gasteiger partial charge in [0.1, 0.15) is 5.75 Å². The first-order chi connectivity index (χ1) is 13.6. The Kier molecular flexibility index (Phi) is 7.04. The van der Waals surface area contributed by atoms with Gasteiger partial charge in [0.15, 0.2) is 6.10 Å². The Balaban J connectivity index is 1.71. The molecule has 28 heavy (non-hydrogen) atoms. The van der Waals surface area contributed by atoms with Crippen molar-refractivity contribution in [3.63, 3.8) is 0 Å². The fraction of sp³-hybridized carbons (Fsp3) is 0.217. The summed E-state index contributed by atoms with van der Waals surface area (Å²) < 4.78 is 5.84. The van der Waals surface area contributed by atoms with Gasteiger partial charge in [-0.2, -0.15) is 0 Å². The maximum Gasteiger partial charge on any atom is 0.263 e. The number of hydrogen-bond donors (Lipinski definition) is 0. The first-order valence-corrected chi connectivity index (χ1v) is 9.63. The lowest BCUT2D eigenvalue weighted by molar-refractivity contribution is -0.138. The van der Waals surface area contributed by atoms with E-state index in [0.29, 0.717) is 23.9 Å². The molecule has 3 aromatic rings. The number of carbonyl (C=O) groups excluding carboxylic acids is 1. The Labute approximate surface area is 170 Å². The van der Waals surface area contributed by atoms with E-state index in [1.807, 2.05) is 35.2 Å². The summed E-state index contributed by atoms with van der Waals surface area (Å²) in [5.41, 5.74) is 2.23. The third-order valence-corrected chi connectivity index (χ3v) is 4.64. The molecule has 0 spiro atoms. The highest BCUT2D eigenvalue weighted by molar-refractivity contribution is 6.30. The van der Waals surface area contributed by atoms with Crippen LogP contribution in [-0.4, -0.2) is 28.4 Å². The maximum atomic E-state index is 13.1. The van der Waals surface area contributed by atoms with E-state index >= 15 is 0 Å². The molecule has 144 valence electrons. The highest BCUT2D eigenvalue weighted by Gasteiger charge is 2.22. The summed E-state index contributed by atoms with van der Waals surface area (Å²) in [6.07, 6.45) is 3.64. The molecule has 1 atom stereocenters. The molecule has 0 aliphatic carbocycles. The number of pyridine rings is 1. The summed E-state index contributed by atoms with van der Waals surface area (Å²) >= 11 is 6.01. The molecule has 2 aromatic carbocycles. The minimum Gasteiger partial charge on any atom is -0.481 e. The molecule has 0 aliphatic heterocycles. The Morgan fingerprint density at radius 3 is 2.50 bits per heavy atom. The third kappa shape index (κ3) is 5.83. The number of amides is 1. The molecule has 1 amide bonds. The van der Waals surface area contributed by atoms with E-state index in [9.17, 15) is 4.79 Å². The zero-order valence-electron chi connectivity index (χ0n) is 15.8. The minimum absolute atomic E-state index is 0.0623. The lowest BCUT2D eigenvalue weighted by Gasteiger charge is -2.26. The fourth-order valence-corrected chi connectivity index (χ4v) is 3.12. The molecule has 5 heteroatoms. The lowest BCUT2D eigenvalue weighted by atomic mass is 10.1. The standard InChI is InChI=1S/C23H23ClN2O2/c1-18(28-22-9-5-8-21(24)16-22)23(27)26(17-20-10-13-25-14-11-20)15-12-19-6-3-2-4-7-19/h2-11,13-14,16,18H,12,15,17H2,1H3. The number of carbonyl (C=O) groups is 1. The van der Waals surface area contributed by atoms with Gasteiger partial charge in [0.2, 0.25) is 0 Å². The topological polar surface area (TPSA) is 42.4 Å². The first-order valence-electron chi connectivity index (χ1n) is 9.25. The minimum atomic E-state index is -0.615. The number of nitrogens with zero attached hydrogens (tertiary/aromatic N) is 2. The van der Waals surface area contributed by atoms with Crippen molar-refractivity contribution in [2.45, 2.75) is 26.0 Å². The summed E-state index contributed by atoms with van der Waals surface area (Å²) in [7, 11) is 0. The second kappa shape index (κ2) is 9.90. The first kappa shape index (κ1) is 19.9. The van der Waals surface area contributed by atoms with Gasteiger partial charge in [0.25, 0.3) is 5.91 Å². The second-order valence-corrected chi connectivity index (χ2v) is 7.00. The number of aromatic nitrogens is 1. The number of hydrogen-bond acceptors (Lipinski definition) is 3. The van der Waals surface area contributed by atoms with E-state index in [-0.39, 0.29) is 5.91 Å². The van der Waals surface area contributed by atoms with Crippen molar-refractivity contribution >= 4 is 17.5 Å². The molecule has 1 unspecified atom stereocenters. The SMILES string of the molecule is CC(Oc1cccc(Cl)c1)C(=O)N(CCc1ccccc1)Cc1ccncc1. The van der Waals surface area contributed by atoms with Crippen LogP contribution >= 0.6 is 11.6 Å². The predicted molar refractivity (Wildman–Crippen MR) is 111 cm³/mol. The van der Waals surface area contributed by atoms with Gasteiger partial charge in [0, 0.05) is 30.5 Å². The van der Waals surface area contributed by atoms with Crippen molar-refractivity contribution in [1.29, 1.82) is 0 Å². The van der Waals surface area contributed by atoms with Gasteiger partial charge in [-0.25, -0.2) is 0 Å². The summed E-state index contributed by atoms with van der Waals surface area (Å²) in [5, 5.41) is 0.579. The van der Waals surface area contributed by atoms with Gasteiger partial charge in [-0.15, -0.1) is 0 Å². The van der Waals surface area contributed by atoms with Gasteiger partial charge in [0.05, 0.1) is 0 Å². The molecule has 0 N–H and O–H groups in total. The highest BCUT2D eigenvalue weighted by Crippen LogP contribution is 2.19. The van der Waals surface area contributed by atoms with Crippen molar-refractivity contribution < 1.29 is 9.53 Å². The molecular formula is C23H23ClN2O2. The van der Waals surface area contributed by atoms with Crippen molar-refractivity contribution in [3.05, 3.63) is 95.3 Å². The average Bonchev–Trinajstić information content (AvgIpc) is 2.72. The van der Waals surface area contributed by atoms with Crippen LogP contribution in [0.25, 0.3) is 0 Å². The molecule has 0 saturated carbocycles. The fourth-order valence-electron chi connectivity index (χ4n) is 2.94. The Hall–Kier alpha value is -2.85. The van der Waals surface area contributed by atoms with Gasteiger partial charge in [-0.1, -0.05) is 48.0 Å². The van der Waals surface area contributed by atoms with Crippen LogP contribution in [0.1, 0.15) is 18.1 Å². The Morgan fingerprint density at radius 1 is 1.04 bits per heavy atom. The van der Waals surface area contributed by atoms with E-state index in [1.54, 1.807) is 43.6 Å². The molecule has 0 aliphatic rings. The molecule has 0 radical (unpaired) electrons. The summed E-state index contributed by atoms with van der Waals surface area (Å²) in [6.45, 7) is 2.89. The summed E-state index contributed by atoms with van der Waals surface area (Å²) in [6, 6.07) is 21.1. The average molecular weight is 395 g/mol. The molecule has 0 saturated heterocycles. The van der Waals surface area contributed by atoms with Crippen molar-refractivity contribution in [2.24, 2.45) is 0 Å². The van der Waals surface area contributed by atoms with E-state index in [4.69, 9.17) is 16.3 Å². The van der Waals surface area contributed by atoms with E-state index in [1.165, 1.54) is 5.56 Å². The Bertz CT molecular complexity index is 887. The van der Waals surface area contributed by atoms with Crippen molar-refractivity contribution in [3.8, 4) is 5.75 Å². The molecule has 3 rings (SSSR count). The van der Waals surface area contributed by atoms with Crippen LogP contribution in [0.3, 0.4) is 0 Å². The van der Waals surface area contributed by atoms with Crippen LogP contribution in [-0.2, 0) is 17.8 Å². The Morgan fingerprint density at radius 2 is 1.79 bits per heavy atom. The van der Waals surface area contributed by atoms with Gasteiger partial charge < -0.3 is 9.64 Å². The summed E-state index contributed by atoms with van der Waals surface area (Å²) in [5.74, 6) is 0.521. The van der Waals surface area contributed by atoms with Crippen LogP contribution in [0.4, 0.5) is 0 Å². The molecule has 0 fully saturated rings. The second-order valence-electron chi connectivity index (χ2n) is 6.57. The number of ether oxygens (including phenoxy) is 1. The monoisotopic (exact) mass is 394 g/mol. The zero-order chi connectivity index (χ0) is 19.8. The van der Waals surface area contributed by atoms with Crippen molar-refractivity contribution in [1.82, 2.24) is 9.88 Å². The number of benzene rings is 2. The highest BCUT2D eigenvalue weighted by atomic mass is 35.5. The van der Waals surface area contributed by atoms with Gasteiger partial charge in [-0.3, -0.25) is 9.78 Å². The smallest absolute Gasteiger partial charge is 0.263 e. The van der Waals surface area contributed by atoms with Crippen LogP contribution in [0.2, 0.25) is 5.02 Å². The van der Waals surface area contributed by atoms with E-state index in [2.05, 4.69) is 17.1 Å². The van der Waals surface area contributed by atoms with E-state index < -0.39 is 6.10 Å². The van der Waals surface area contributed by atoms with E-state index in [0.717, 1.165) is 12.0 Å². The normalized spacial score (nSPS) is 11.6. The molecule has 1 heterocycles. The molecular weight excluding hydrogens is 372 g/mol. The largest absolute Gasteiger partial charge is 0.481 e. The van der Waals surface area contributed by atoms with Crippen molar-refractivity contribution in [2.75, 3.05) is 6.54 Å². The van der Waals surface area contributed by atoms with Gasteiger partial charge in [-0.05, 0) is 54.8 Å². The van der Waals surface area contributed by atoms with Crippen LogP contribution in [0.15, 0.2) is 79.1 Å². The zero-order valence-corrected chi connectivity index (χ0v) is 16.5. The molecule has 0 bridgehead atoms. The predicted octanol–water partition coefficient (Wildman–Crippen LogP) is 4.77. The number of rotatable bonds is 8. The summed E-state index contributed by atoms with van der Waals surface area (Å²) in [4.78, 5) is 19.0. The number of halogens is 1. The third-order valence-electron chi connectivity index (χ3n) is 4.40. The maximum absolute atomic E-state index is 13.1. The van der Waals surface area contributed by atoms with Gasteiger partial charge >= 0.3 is 0 Å².